The highest BCUT2D eigenvalue weighted by atomic mass is 32.2. The molecule has 18 heavy (non-hydrogen) atoms. The molecule has 0 amide bonds. The van der Waals surface area contributed by atoms with Crippen molar-refractivity contribution in [2.45, 2.75) is 11.8 Å². The molecule has 1 aromatic heterocycles. The van der Waals surface area contributed by atoms with E-state index in [4.69, 9.17) is 0 Å². The van der Waals surface area contributed by atoms with Crippen LogP contribution in [0.3, 0.4) is 0 Å². The van der Waals surface area contributed by atoms with Gasteiger partial charge in [0.2, 0.25) is 0 Å². The van der Waals surface area contributed by atoms with Crippen LogP contribution in [0.2, 0.25) is 0 Å². The zero-order chi connectivity index (χ0) is 13.0. The van der Waals surface area contributed by atoms with Crippen molar-refractivity contribution in [3.8, 4) is 0 Å². The van der Waals surface area contributed by atoms with Crippen LogP contribution in [0.1, 0.15) is 15.9 Å². The number of hydrogen-bond donors (Lipinski definition) is 0. The predicted molar refractivity (Wildman–Crippen MR) is 70.4 cm³/mol. The fourth-order valence-electron chi connectivity index (χ4n) is 1.50. The summed E-state index contributed by atoms with van der Waals surface area (Å²) >= 11 is 1.44. The minimum atomic E-state index is -0.485. The minimum Gasteiger partial charge on any atom is -0.293 e. The second-order valence-corrected chi connectivity index (χ2v) is 4.97. The third-order valence-electron chi connectivity index (χ3n) is 2.39. The predicted octanol–water partition coefficient (Wildman–Crippen LogP) is 3.50. The zero-order valence-electron chi connectivity index (χ0n) is 9.89. The first-order chi connectivity index (χ1) is 8.65. The summed E-state index contributed by atoms with van der Waals surface area (Å²) in [6, 6.07) is 9.14. The lowest BCUT2D eigenvalue weighted by atomic mass is 10.2. The average molecular weight is 261 g/mol. The number of pyridine rings is 1. The molecule has 0 saturated carbocycles. The molecule has 0 bridgehead atoms. The maximum atomic E-state index is 12.9. The van der Waals surface area contributed by atoms with Crippen molar-refractivity contribution in [1.82, 2.24) is 4.98 Å². The Labute approximate surface area is 109 Å². The van der Waals surface area contributed by atoms with Gasteiger partial charge in [0.15, 0.2) is 5.78 Å². The van der Waals surface area contributed by atoms with E-state index in [0.717, 1.165) is 16.7 Å². The van der Waals surface area contributed by atoms with Gasteiger partial charge in [0.25, 0.3) is 0 Å². The van der Waals surface area contributed by atoms with Gasteiger partial charge < -0.3 is 0 Å². The van der Waals surface area contributed by atoms with Gasteiger partial charge in [-0.1, -0.05) is 17.7 Å². The van der Waals surface area contributed by atoms with Crippen molar-refractivity contribution in [3.05, 3.63) is 59.7 Å². The largest absolute Gasteiger partial charge is 0.293 e. The van der Waals surface area contributed by atoms with E-state index in [9.17, 15) is 9.18 Å². The fourth-order valence-corrected chi connectivity index (χ4v) is 2.41. The number of aryl methyl sites for hydroxylation is 1. The van der Waals surface area contributed by atoms with E-state index in [1.54, 1.807) is 0 Å². The molecule has 0 aliphatic rings. The molecule has 0 fully saturated rings. The first-order valence-corrected chi connectivity index (χ1v) is 6.47. The van der Waals surface area contributed by atoms with Gasteiger partial charge in [0.05, 0.1) is 11.9 Å². The normalized spacial score (nSPS) is 10.3. The van der Waals surface area contributed by atoms with Gasteiger partial charge in [-0.05, 0) is 25.1 Å². The molecule has 0 radical (unpaired) electrons. The quantitative estimate of drug-likeness (QED) is 0.623. The van der Waals surface area contributed by atoms with E-state index >= 15 is 0 Å². The number of aromatic nitrogens is 1. The van der Waals surface area contributed by atoms with Crippen LogP contribution >= 0.6 is 11.8 Å². The smallest absolute Gasteiger partial charge is 0.174 e. The third kappa shape index (κ3) is 3.40. The lowest BCUT2D eigenvalue weighted by Gasteiger charge is -2.02. The number of thioether (sulfide) groups is 1. The topological polar surface area (TPSA) is 30.0 Å². The van der Waals surface area contributed by atoms with Crippen molar-refractivity contribution < 1.29 is 9.18 Å². The number of ketones is 1. The van der Waals surface area contributed by atoms with Crippen LogP contribution < -0.4 is 0 Å². The Morgan fingerprint density at radius 2 is 2.17 bits per heavy atom. The molecule has 0 spiro atoms. The number of nitrogens with zero attached hydrogens (tertiary/aromatic N) is 1. The number of halogens is 1. The van der Waals surface area contributed by atoms with Gasteiger partial charge in [-0.25, -0.2) is 4.39 Å². The molecule has 1 heterocycles. The minimum absolute atomic E-state index is 0.117. The molecule has 0 aliphatic heterocycles. The van der Waals surface area contributed by atoms with Crippen LogP contribution in [0.4, 0.5) is 4.39 Å². The highest BCUT2D eigenvalue weighted by Crippen LogP contribution is 2.20. The standard InChI is InChI=1S/C14H12FNOS/c1-10-3-2-4-13(5-10)18-9-14(17)11-6-12(15)8-16-7-11/h2-8H,9H2,1H3. The first kappa shape index (κ1) is 12.8. The summed E-state index contributed by atoms with van der Waals surface area (Å²) in [6.45, 7) is 2.00. The average Bonchev–Trinajstić information content (AvgIpc) is 2.36. The first-order valence-electron chi connectivity index (χ1n) is 5.48. The van der Waals surface area contributed by atoms with Crippen LogP contribution in [0, 0.1) is 12.7 Å². The van der Waals surface area contributed by atoms with Crippen LogP contribution in [0.15, 0.2) is 47.6 Å². The molecule has 2 aromatic rings. The van der Waals surface area contributed by atoms with Gasteiger partial charge in [-0.3, -0.25) is 9.78 Å². The Bertz CT molecular complexity index is 571. The molecule has 1 aromatic carbocycles. The Morgan fingerprint density at radius 1 is 1.33 bits per heavy atom. The van der Waals surface area contributed by atoms with Crippen molar-refractivity contribution in [2.24, 2.45) is 0 Å². The second-order valence-electron chi connectivity index (χ2n) is 3.92. The zero-order valence-corrected chi connectivity index (χ0v) is 10.7. The Morgan fingerprint density at radius 3 is 2.89 bits per heavy atom. The van der Waals surface area contributed by atoms with E-state index in [-0.39, 0.29) is 11.5 Å². The van der Waals surface area contributed by atoms with E-state index in [1.807, 2.05) is 31.2 Å². The van der Waals surface area contributed by atoms with Gasteiger partial charge in [0.1, 0.15) is 5.82 Å². The number of Topliss-reactive ketones (excluding diaryl/α,β-unsaturated/α-hetero) is 1. The molecular formula is C14H12FNOS. The molecule has 0 atom stereocenters. The van der Waals surface area contributed by atoms with Crippen LogP contribution in [0.25, 0.3) is 0 Å². The number of rotatable bonds is 4. The van der Waals surface area contributed by atoms with Crippen LogP contribution in [-0.2, 0) is 0 Å². The Kier molecular flexibility index (Phi) is 4.10. The van der Waals surface area contributed by atoms with Crippen molar-refractivity contribution in [2.75, 3.05) is 5.75 Å². The third-order valence-corrected chi connectivity index (χ3v) is 3.38. The lowest BCUT2D eigenvalue weighted by molar-refractivity contribution is 0.102. The summed E-state index contributed by atoms with van der Waals surface area (Å²) in [7, 11) is 0. The van der Waals surface area contributed by atoms with E-state index < -0.39 is 5.82 Å². The molecule has 0 aliphatic carbocycles. The highest BCUT2D eigenvalue weighted by Gasteiger charge is 2.08. The van der Waals surface area contributed by atoms with Gasteiger partial charge in [-0.15, -0.1) is 11.8 Å². The van der Waals surface area contributed by atoms with E-state index in [0.29, 0.717) is 5.56 Å². The fraction of sp³-hybridized carbons (Fsp3) is 0.143. The summed E-state index contributed by atoms with van der Waals surface area (Å²) in [5.41, 5.74) is 1.47. The number of carbonyl (C=O) groups excluding carboxylic acids is 1. The molecule has 2 nitrogen and oxygen atoms in total. The van der Waals surface area contributed by atoms with Crippen molar-refractivity contribution >= 4 is 17.5 Å². The molecule has 0 N–H and O–H groups in total. The Hall–Kier alpha value is -1.68. The molecule has 92 valence electrons. The van der Waals surface area contributed by atoms with Gasteiger partial charge >= 0.3 is 0 Å². The number of benzene rings is 1. The Balaban J connectivity index is 2.00. The molecule has 4 heteroatoms. The monoisotopic (exact) mass is 261 g/mol. The SMILES string of the molecule is Cc1cccc(SCC(=O)c2cncc(F)c2)c1. The highest BCUT2D eigenvalue weighted by molar-refractivity contribution is 8.00. The maximum absolute atomic E-state index is 12.9. The lowest BCUT2D eigenvalue weighted by Crippen LogP contribution is -2.03. The maximum Gasteiger partial charge on any atom is 0.174 e. The number of hydrogen-bond acceptors (Lipinski definition) is 3. The van der Waals surface area contributed by atoms with Crippen LogP contribution in [-0.4, -0.2) is 16.5 Å². The molecule has 0 saturated heterocycles. The summed E-state index contributed by atoms with van der Waals surface area (Å²) in [4.78, 5) is 16.5. The van der Waals surface area contributed by atoms with Crippen molar-refractivity contribution in [1.29, 1.82) is 0 Å². The summed E-state index contributed by atoms with van der Waals surface area (Å²) < 4.78 is 12.9. The molecular weight excluding hydrogens is 249 g/mol. The number of carbonyl (C=O) groups is 1. The van der Waals surface area contributed by atoms with Crippen molar-refractivity contribution in [3.63, 3.8) is 0 Å². The van der Waals surface area contributed by atoms with E-state index in [1.165, 1.54) is 24.0 Å². The van der Waals surface area contributed by atoms with Gasteiger partial charge in [0, 0.05) is 16.7 Å². The summed E-state index contributed by atoms with van der Waals surface area (Å²) in [5.74, 6) is -0.316. The summed E-state index contributed by atoms with van der Waals surface area (Å²) in [6.07, 6.45) is 2.48. The second kappa shape index (κ2) is 5.78. The molecule has 2 rings (SSSR count). The van der Waals surface area contributed by atoms with Crippen LogP contribution in [0.5, 0.6) is 0 Å². The summed E-state index contributed by atoms with van der Waals surface area (Å²) in [5, 5.41) is 0. The van der Waals surface area contributed by atoms with E-state index in [2.05, 4.69) is 4.98 Å². The van der Waals surface area contributed by atoms with Gasteiger partial charge in [-0.2, -0.15) is 0 Å². The molecule has 0 unspecified atom stereocenters.